The van der Waals surface area contributed by atoms with E-state index in [4.69, 9.17) is 4.74 Å². The Balaban J connectivity index is 2.26. The molecular formula is C18H19O3P. The number of benzene rings is 2. The molecule has 0 bridgehead atoms. The smallest absolute Gasteiger partial charge is 0.203 e. The van der Waals surface area contributed by atoms with E-state index in [9.17, 15) is 9.36 Å². The molecule has 0 saturated carbocycles. The van der Waals surface area contributed by atoms with Crippen LogP contribution in [0, 0.1) is 20.8 Å². The molecule has 0 amide bonds. The number of carbonyl (C=O) groups is 1. The minimum atomic E-state index is -0.635. The van der Waals surface area contributed by atoms with Crippen molar-refractivity contribution in [1.29, 1.82) is 0 Å². The fourth-order valence-electron chi connectivity index (χ4n) is 2.32. The molecule has 2 aromatic rings. The van der Waals surface area contributed by atoms with Crippen LogP contribution in [0.1, 0.15) is 34.0 Å². The van der Waals surface area contributed by atoms with Crippen LogP contribution in [0.3, 0.4) is 0 Å². The number of Topliss-reactive ketones (excluding diaryl/α,β-unsaturated/α-hetero) is 1. The Labute approximate surface area is 132 Å². The molecule has 0 saturated heterocycles. The summed E-state index contributed by atoms with van der Waals surface area (Å²) in [6.45, 7) is 7.71. The minimum absolute atomic E-state index is 0.0713. The fourth-order valence-corrected chi connectivity index (χ4v) is 2.68. The van der Waals surface area contributed by atoms with Crippen molar-refractivity contribution in [2.45, 2.75) is 33.8 Å². The summed E-state index contributed by atoms with van der Waals surface area (Å²) in [6.07, 6.45) is -0.635. The molecule has 0 N–H and O–H groups in total. The Morgan fingerprint density at radius 1 is 1.05 bits per heavy atom. The van der Waals surface area contributed by atoms with E-state index in [0.29, 0.717) is 16.6 Å². The van der Waals surface area contributed by atoms with Gasteiger partial charge in [-0.15, -0.1) is 0 Å². The maximum absolute atomic E-state index is 12.6. The van der Waals surface area contributed by atoms with E-state index in [1.807, 2.05) is 32.9 Å². The molecule has 0 aliphatic carbocycles. The van der Waals surface area contributed by atoms with E-state index in [2.05, 4.69) is 0 Å². The molecule has 0 radical (unpaired) electrons. The van der Waals surface area contributed by atoms with Crippen molar-refractivity contribution < 1.29 is 14.1 Å². The van der Waals surface area contributed by atoms with Gasteiger partial charge in [-0.1, -0.05) is 24.3 Å². The average Bonchev–Trinajstić information content (AvgIpc) is 2.52. The van der Waals surface area contributed by atoms with Gasteiger partial charge < -0.3 is 4.74 Å². The van der Waals surface area contributed by atoms with Crippen molar-refractivity contribution in [3.8, 4) is 5.75 Å². The van der Waals surface area contributed by atoms with Crippen LogP contribution in [0.15, 0.2) is 36.4 Å². The van der Waals surface area contributed by atoms with Crippen molar-refractivity contribution >= 4 is 19.5 Å². The molecule has 1 atom stereocenters. The van der Waals surface area contributed by atoms with Gasteiger partial charge in [-0.05, 0) is 56.5 Å². The number of ketones is 1. The molecule has 0 aliphatic heterocycles. The van der Waals surface area contributed by atoms with Crippen molar-refractivity contribution in [1.82, 2.24) is 0 Å². The Morgan fingerprint density at radius 3 is 2.41 bits per heavy atom. The lowest BCUT2D eigenvalue weighted by Crippen LogP contribution is -2.26. The second kappa shape index (κ2) is 6.85. The molecule has 3 nitrogen and oxygen atoms in total. The van der Waals surface area contributed by atoms with Crippen molar-refractivity contribution in [3.63, 3.8) is 0 Å². The highest BCUT2D eigenvalue weighted by Gasteiger charge is 2.20. The van der Waals surface area contributed by atoms with Crippen LogP contribution in [0.4, 0.5) is 0 Å². The number of aryl methyl sites for hydroxylation is 1. The van der Waals surface area contributed by atoms with Crippen molar-refractivity contribution in [3.05, 3.63) is 58.7 Å². The van der Waals surface area contributed by atoms with Gasteiger partial charge in [0.05, 0.1) is 5.30 Å². The summed E-state index contributed by atoms with van der Waals surface area (Å²) < 4.78 is 16.8. The summed E-state index contributed by atoms with van der Waals surface area (Å²) in [4.78, 5) is 12.6. The third-order valence-electron chi connectivity index (χ3n) is 3.96. The van der Waals surface area contributed by atoms with Crippen LogP contribution in [-0.2, 0) is 4.57 Å². The molecule has 114 valence electrons. The lowest BCUT2D eigenvalue weighted by atomic mass is 9.95. The summed E-state index contributed by atoms with van der Waals surface area (Å²) in [7, 11) is -0.119. The van der Waals surface area contributed by atoms with E-state index < -0.39 is 6.10 Å². The Morgan fingerprint density at radius 2 is 1.73 bits per heavy atom. The molecular weight excluding hydrogens is 295 g/mol. The van der Waals surface area contributed by atoms with Crippen molar-refractivity contribution in [2.24, 2.45) is 0 Å². The van der Waals surface area contributed by atoms with Gasteiger partial charge in [-0.2, -0.15) is 0 Å². The van der Waals surface area contributed by atoms with E-state index in [0.717, 1.165) is 16.7 Å². The first-order valence-corrected chi connectivity index (χ1v) is 7.97. The third kappa shape index (κ3) is 3.26. The summed E-state index contributed by atoms with van der Waals surface area (Å²) in [5.74, 6) is 0.402. The molecule has 2 rings (SSSR count). The Hall–Kier alpha value is -1.99. The summed E-state index contributed by atoms with van der Waals surface area (Å²) in [5, 5.41) is 0.541. The van der Waals surface area contributed by atoms with Crippen LogP contribution in [-0.4, -0.2) is 11.9 Å². The topological polar surface area (TPSA) is 43.4 Å². The van der Waals surface area contributed by atoms with E-state index in [1.165, 1.54) is 0 Å². The van der Waals surface area contributed by atoms with Gasteiger partial charge in [-0.3, -0.25) is 9.36 Å². The van der Waals surface area contributed by atoms with Gasteiger partial charge in [-0.25, -0.2) is 0 Å². The van der Waals surface area contributed by atoms with E-state index >= 15 is 0 Å². The predicted molar refractivity (Wildman–Crippen MR) is 88.8 cm³/mol. The lowest BCUT2D eigenvalue weighted by molar-refractivity contribution is 0.0819. The van der Waals surface area contributed by atoms with Gasteiger partial charge in [0.25, 0.3) is 0 Å². The van der Waals surface area contributed by atoms with Gasteiger partial charge in [0, 0.05) is 5.56 Å². The quantitative estimate of drug-likeness (QED) is 0.614. The molecule has 0 aromatic heterocycles. The van der Waals surface area contributed by atoms with Gasteiger partial charge in [0.15, 0.2) is 14.6 Å². The highest BCUT2D eigenvalue weighted by molar-refractivity contribution is 7.34. The molecule has 0 heterocycles. The highest BCUT2D eigenvalue weighted by atomic mass is 31.1. The lowest BCUT2D eigenvalue weighted by Gasteiger charge is -2.17. The molecule has 2 aromatic carbocycles. The number of carbonyl (C=O) groups excluding carboxylic acids is 1. The molecule has 0 fully saturated rings. The molecule has 22 heavy (non-hydrogen) atoms. The van der Waals surface area contributed by atoms with Crippen LogP contribution in [0.5, 0.6) is 5.75 Å². The number of hydrogen-bond acceptors (Lipinski definition) is 3. The fraction of sp³-hybridized carbons (Fsp3) is 0.278. The normalized spacial score (nSPS) is 12.2. The first-order valence-electron chi connectivity index (χ1n) is 7.15. The second-order valence-corrected chi connectivity index (χ2v) is 6.03. The molecule has 0 aliphatic rings. The number of para-hydroxylation sites is 1. The first-order chi connectivity index (χ1) is 10.5. The number of hydrogen-bond donors (Lipinski definition) is 0. The van der Waals surface area contributed by atoms with Crippen molar-refractivity contribution in [2.75, 3.05) is 0 Å². The highest BCUT2D eigenvalue weighted by Crippen LogP contribution is 2.21. The SMILES string of the molecule is Cc1ccc(C(=O)C(C)Oc2ccccc2P=O)c(C)c1C. The first kappa shape index (κ1) is 16.4. The largest absolute Gasteiger partial charge is 0.481 e. The van der Waals surface area contributed by atoms with Crippen LogP contribution < -0.4 is 10.0 Å². The maximum atomic E-state index is 12.6. The average molecular weight is 314 g/mol. The zero-order chi connectivity index (χ0) is 16.3. The van der Waals surface area contributed by atoms with Crippen LogP contribution >= 0.6 is 8.46 Å². The standard InChI is InChI=1S/C18H19O3P/c1-11-9-10-15(13(3)12(11)2)18(19)14(4)21-16-7-5-6-8-17(16)22-20/h5-10,14H,1-4H3. The summed E-state index contributed by atoms with van der Waals surface area (Å²) in [6, 6.07) is 10.8. The van der Waals surface area contributed by atoms with E-state index in [1.54, 1.807) is 31.2 Å². The zero-order valence-electron chi connectivity index (χ0n) is 13.2. The van der Waals surface area contributed by atoms with Gasteiger partial charge in [0.1, 0.15) is 5.75 Å². The summed E-state index contributed by atoms with van der Waals surface area (Å²) in [5.41, 5.74) is 3.94. The van der Waals surface area contributed by atoms with Crippen LogP contribution in [0.25, 0.3) is 0 Å². The Bertz CT molecular complexity index is 722. The minimum Gasteiger partial charge on any atom is -0.481 e. The third-order valence-corrected chi connectivity index (χ3v) is 4.53. The zero-order valence-corrected chi connectivity index (χ0v) is 14.1. The van der Waals surface area contributed by atoms with Gasteiger partial charge in [0.2, 0.25) is 5.78 Å². The molecule has 4 heteroatoms. The number of rotatable bonds is 5. The van der Waals surface area contributed by atoms with Crippen LogP contribution in [0.2, 0.25) is 0 Å². The number of ether oxygens (including phenoxy) is 1. The second-order valence-electron chi connectivity index (χ2n) is 5.36. The summed E-state index contributed by atoms with van der Waals surface area (Å²) >= 11 is 0. The van der Waals surface area contributed by atoms with Gasteiger partial charge >= 0.3 is 0 Å². The Kier molecular flexibility index (Phi) is 5.10. The maximum Gasteiger partial charge on any atom is 0.203 e. The monoisotopic (exact) mass is 314 g/mol. The molecule has 0 spiro atoms. The molecule has 1 unspecified atom stereocenters. The predicted octanol–water partition coefficient (Wildman–Crippen LogP) is 4.18. The van der Waals surface area contributed by atoms with E-state index in [-0.39, 0.29) is 14.2 Å².